The molecule has 202 valence electrons. The third-order valence-corrected chi connectivity index (χ3v) is 6.84. The molecule has 0 saturated carbocycles. The first-order valence-electron chi connectivity index (χ1n) is 12.2. The molecule has 3 rings (SSSR count). The molecule has 1 aromatic heterocycles. The van der Waals surface area contributed by atoms with E-state index in [2.05, 4.69) is 9.97 Å². The van der Waals surface area contributed by atoms with Gasteiger partial charge in [-0.2, -0.15) is 13.2 Å². The minimum atomic E-state index is -4.60. The summed E-state index contributed by atoms with van der Waals surface area (Å²) in [4.78, 5) is 37.1. The molecule has 2 amide bonds. The van der Waals surface area contributed by atoms with Crippen molar-refractivity contribution in [1.82, 2.24) is 24.7 Å². The summed E-state index contributed by atoms with van der Waals surface area (Å²) in [5, 5.41) is 21.2. The second kappa shape index (κ2) is 10.5. The third-order valence-electron chi connectivity index (χ3n) is 6.84. The number of amides is 2. The lowest BCUT2D eigenvalue weighted by atomic mass is 9.96. The molecule has 1 fully saturated rings. The molecule has 36 heavy (non-hydrogen) atoms. The molecule has 2 aliphatic heterocycles. The van der Waals surface area contributed by atoms with Crippen molar-refractivity contribution < 1.29 is 33.0 Å². The van der Waals surface area contributed by atoms with Crippen LogP contribution >= 0.6 is 0 Å². The van der Waals surface area contributed by atoms with Crippen LogP contribution < -0.4 is 0 Å². The Balaban J connectivity index is 1.84. The van der Waals surface area contributed by atoms with Crippen molar-refractivity contribution in [2.45, 2.75) is 90.8 Å². The Kier molecular flexibility index (Phi) is 8.19. The summed E-state index contributed by atoms with van der Waals surface area (Å²) in [6.07, 6.45) is -5.74. The lowest BCUT2D eigenvalue weighted by molar-refractivity contribution is -0.142. The fourth-order valence-corrected chi connectivity index (χ4v) is 5.24. The molecular weight excluding hydrogens is 479 g/mol. The van der Waals surface area contributed by atoms with Crippen molar-refractivity contribution in [3.05, 3.63) is 22.8 Å². The molecule has 9 nitrogen and oxygen atoms in total. The van der Waals surface area contributed by atoms with Crippen LogP contribution in [0.1, 0.15) is 69.7 Å². The number of alkyl halides is 3. The molecule has 2 aliphatic rings. The molecule has 3 atom stereocenters. The molecule has 12 heteroatoms. The molecule has 0 aromatic carbocycles. The number of aliphatic hydroxyl groups excluding tert-OH is 1. The Morgan fingerprint density at radius 3 is 2.47 bits per heavy atom. The van der Waals surface area contributed by atoms with Crippen LogP contribution in [0.4, 0.5) is 18.0 Å². The highest BCUT2D eigenvalue weighted by Crippen LogP contribution is 2.34. The maximum Gasteiger partial charge on any atom is 0.433 e. The van der Waals surface area contributed by atoms with E-state index in [1.54, 1.807) is 30.6 Å². The van der Waals surface area contributed by atoms with Gasteiger partial charge in [-0.1, -0.05) is 6.92 Å². The van der Waals surface area contributed by atoms with E-state index in [0.717, 1.165) is 6.42 Å². The van der Waals surface area contributed by atoms with Gasteiger partial charge in [0.15, 0.2) is 5.69 Å². The molecule has 0 spiro atoms. The number of halogens is 3. The molecule has 0 radical (unpaired) electrons. The minimum Gasteiger partial charge on any atom is -0.465 e. The summed E-state index contributed by atoms with van der Waals surface area (Å²) in [5.41, 5.74) is -1.51. The lowest BCUT2D eigenvalue weighted by Crippen LogP contribution is -2.58. The van der Waals surface area contributed by atoms with Gasteiger partial charge in [-0.15, -0.1) is 0 Å². The highest BCUT2D eigenvalue weighted by atomic mass is 19.4. The predicted octanol–water partition coefficient (Wildman–Crippen LogP) is 3.28. The van der Waals surface area contributed by atoms with Gasteiger partial charge in [0.2, 0.25) is 5.91 Å². The first-order valence-corrected chi connectivity index (χ1v) is 12.2. The van der Waals surface area contributed by atoms with E-state index in [-0.39, 0.29) is 61.4 Å². The van der Waals surface area contributed by atoms with Crippen LogP contribution in [0.25, 0.3) is 0 Å². The summed E-state index contributed by atoms with van der Waals surface area (Å²) >= 11 is 0. The number of carbonyl (C=O) groups is 2. The standard InChI is InChI=1S/C24H36F3N5O4/c1-14-6-7-19(33)31(11-14)12-16(32(22(35)36)23(3,4)5)10-20(34)30-9-8-17-18(13-30)28-15(2)29-21(17)24(25,26)27/h14,16,20,34H,6-13H2,1-5H3,(H,35,36)/t14-,16+,20?/m1/s1. The van der Waals surface area contributed by atoms with Gasteiger partial charge in [-0.3, -0.25) is 14.6 Å². The number of nitrogens with zero attached hydrogens (tertiary/aromatic N) is 5. The second-order valence-corrected chi connectivity index (χ2v) is 10.9. The Morgan fingerprint density at radius 1 is 1.22 bits per heavy atom. The smallest absolute Gasteiger partial charge is 0.433 e. The number of likely N-dealkylation sites (tertiary alicyclic amines) is 1. The van der Waals surface area contributed by atoms with Gasteiger partial charge in [0.05, 0.1) is 11.7 Å². The van der Waals surface area contributed by atoms with Crippen molar-refractivity contribution in [3.63, 3.8) is 0 Å². The maximum absolute atomic E-state index is 13.5. The zero-order valence-electron chi connectivity index (χ0n) is 21.5. The molecule has 2 N–H and O–H groups in total. The number of hydrogen-bond donors (Lipinski definition) is 2. The van der Waals surface area contributed by atoms with Crippen molar-refractivity contribution in [1.29, 1.82) is 0 Å². The molecule has 1 unspecified atom stereocenters. The minimum absolute atomic E-state index is 0.00203. The highest BCUT2D eigenvalue weighted by molar-refractivity contribution is 5.77. The lowest BCUT2D eigenvalue weighted by Gasteiger charge is -2.44. The number of fused-ring (bicyclic) bond motifs is 1. The Morgan fingerprint density at radius 2 is 1.89 bits per heavy atom. The van der Waals surface area contributed by atoms with E-state index < -0.39 is 35.8 Å². The first-order chi connectivity index (χ1) is 16.6. The van der Waals surface area contributed by atoms with Crippen LogP contribution in [-0.4, -0.2) is 84.3 Å². The molecule has 0 bridgehead atoms. The molecule has 0 aliphatic carbocycles. The SMILES string of the molecule is Cc1nc2c(c(C(F)(F)F)n1)CCN(C(O)C[C@@H](CN1C[C@H](C)CCC1=O)N(C(=O)O)C(C)(C)C)C2. The van der Waals surface area contributed by atoms with E-state index in [1.807, 2.05) is 6.92 Å². The summed E-state index contributed by atoms with van der Waals surface area (Å²) in [6, 6.07) is -0.717. The monoisotopic (exact) mass is 515 g/mol. The largest absolute Gasteiger partial charge is 0.465 e. The van der Waals surface area contributed by atoms with Gasteiger partial charge < -0.3 is 15.1 Å². The van der Waals surface area contributed by atoms with Crippen LogP contribution in [0, 0.1) is 12.8 Å². The number of rotatable bonds is 6. The van der Waals surface area contributed by atoms with Crippen molar-refractivity contribution >= 4 is 12.0 Å². The van der Waals surface area contributed by atoms with Gasteiger partial charge in [0, 0.05) is 50.1 Å². The van der Waals surface area contributed by atoms with Crippen LogP contribution in [0.15, 0.2) is 0 Å². The first kappa shape index (κ1) is 28.1. The van der Waals surface area contributed by atoms with Gasteiger partial charge in [0.25, 0.3) is 0 Å². The van der Waals surface area contributed by atoms with Crippen molar-refractivity contribution in [3.8, 4) is 0 Å². The highest BCUT2D eigenvalue weighted by Gasteiger charge is 2.41. The quantitative estimate of drug-likeness (QED) is 0.598. The normalized spacial score (nSPS) is 21.2. The van der Waals surface area contributed by atoms with Crippen LogP contribution in [0.5, 0.6) is 0 Å². The second-order valence-electron chi connectivity index (χ2n) is 10.9. The topological polar surface area (TPSA) is 110 Å². The number of aliphatic hydroxyl groups is 1. The average Bonchev–Trinajstić information content (AvgIpc) is 2.73. The van der Waals surface area contributed by atoms with E-state index >= 15 is 0 Å². The van der Waals surface area contributed by atoms with Crippen LogP contribution in [0.3, 0.4) is 0 Å². The third kappa shape index (κ3) is 6.44. The Bertz CT molecular complexity index is 982. The number of hydrogen-bond acceptors (Lipinski definition) is 6. The van der Waals surface area contributed by atoms with Gasteiger partial charge in [-0.05, 0) is 46.5 Å². The average molecular weight is 516 g/mol. The van der Waals surface area contributed by atoms with Gasteiger partial charge in [-0.25, -0.2) is 14.8 Å². The van der Waals surface area contributed by atoms with Crippen LogP contribution in [-0.2, 0) is 23.9 Å². The van der Waals surface area contributed by atoms with Crippen molar-refractivity contribution in [2.75, 3.05) is 19.6 Å². The zero-order valence-corrected chi connectivity index (χ0v) is 21.5. The summed E-state index contributed by atoms with van der Waals surface area (Å²) < 4.78 is 40.5. The molecule has 1 saturated heterocycles. The molecule has 3 heterocycles. The number of aromatic nitrogens is 2. The number of aryl methyl sites for hydroxylation is 1. The Hall–Kier alpha value is -2.47. The van der Waals surface area contributed by atoms with E-state index in [1.165, 1.54) is 11.8 Å². The van der Waals surface area contributed by atoms with E-state index in [4.69, 9.17) is 0 Å². The van der Waals surface area contributed by atoms with Crippen LogP contribution in [0.2, 0.25) is 0 Å². The Labute approximate surface area is 209 Å². The van der Waals surface area contributed by atoms with E-state index in [9.17, 15) is 33.0 Å². The number of piperidine rings is 1. The fraction of sp³-hybridized carbons (Fsp3) is 0.750. The number of carboxylic acid groups (broad SMARTS) is 1. The zero-order chi connectivity index (χ0) is 27.0. The predicted molar refractivity (Wildman–Crippen MR) is 125 cm³/mol. The summed E-state index contributed by atoms with van der Waals surface area (Å²) in [7, 11) is 0. The fourth-order valence-electron chi connectivity index (χ4n) is 5.24. The number of carbonyl (C=O) groups excluding carboxylic acids is 1. The molecule has 1 aromatic rings. The maximum atomic E-state index is 13.5. The van der Waals surface area contributed by atoms with Gasteiger partial charge >= 0.3 is 12.3 Å². The van der Waals surface area contributed by atoms with Gasteiger partial charge in [0.1, 0.15) is 12.1 Å². The van der Waals surface area contributed by atoms with Crippen molar-refractivity contribution in [2.24, 2.45) is 5.92 Å². The summed E-state index contributed by atoms with van der Waals surface area (Å²) in [5.74, 6) is 0.230. The summed E-state index contributed by atoms with van der Waals surface area (Å²) in [6.45, 7) is 9.43. The van der Waals surface area contributed by atoms with E-state index in [0.29, 0.717) is 13.0 Å². The molecular formula is C24H36F3N5O4.